The molecule has 3 aromatic carbocycles. The maximum atomic E-state index is 13.3. The van der Waals surface area contributed by atoms with Crippen LogP contribution in [-0.4, -0.2) is 37.9 Å². The van der Waals surface area contributed by atoms with Crippen molar-refractivity contribution in [1.29, 1.82) is 0 Å². The Morgan fingerprint density at radius 3 is 2.53 bits per heavy atom. The molecule has 0 bridgehead atoms. The van der Waals surface area contributed by atoms with Gasteiger partial charge < -0.3 is 9.47 Å². The zero-order valence-electron chi connectivity index (χ0n) is 23.6. The number of imidazole rings is 1. The SMILES string of the molecule is COc1cc(C=NNC(=O)c2cccc(C)c2)ccc1Oc1nc2c(c(=O)n(C)c(=O)n2C)n1Cc1ccc(Cl)cc1Cl. The van der Waals surface area contributed by atoms with Crippen molar-refractivity contribution >= 4 is 46.5 Å². The number of rotatable bonds is 8. The molecule has 1 N–H and O–H groups in total. The summed E-state index contributed by atoms with van der Waals surface area (Å²) in [6.45, 7) is 2.00. The van der Waals surface area contributed by atoms with E-state index in [0.29, 0.717) is 32.5 Å². The largest absolute Gasteiger partial charge is 0.493 e. The summed E-state index contributed by atoms with van der Waals surface area (Å²) < 4.78 is 15.6. The third-order valence-corrected chi connectivity index (χ3v) is 7.29. The van der Waals surface area contributed by atoms with Gasteiger partial charge in [-0.25, -0.2) is 10.2 Å². The average molecular weight is 621 g/mol. The zero-order valence-corrected chi connectivity index (χ0v) is 25.1. The van der Waals surface area contributed by atoms with Gasteiger partial charge in [-0.1, -0.05) is 47.0 Å². The van der Waals surface area contributed by atoms with Gasteiger partial charge in [-0.15, -0.1) is 0 Å². The van der Waals surface area contributed by atoms with Crippen LogP contribution in [0.25, 0.3) is 11.2 Å². The number of hydrazone groups is 1. The molecule has 0 aliphatic heterocycles. The molecular weight excluding hydrogens is 595 g/mol. The fourth-order valence-corrected chi connectivity index (χ4v) is 4.90. The minimum Gasteiger partial charge on any atom is -0.493 e. The van der Waals surface area contributed by atoms with Crippen molar-refractivity contribution in [3.8, 4) is 17.5 Å². The molecule has 0 saturated carbocycles. The van der Waals surface area contributed by atoms with Crippen molar-refractivity contribution < 1.29 is 14.3 Å². The van der Waals surface area contributed by atoms with Crippen LogP contribution in [0, 0.1) is 6.92 Å². The van der Waals surface area contributed by atoms with Gasteiger partial charge in [0.1, 0.15) is 0 Å². The minimum atomic E-state index is -0.545. The Bertz CT molecular complexity index is 2030. The molecule has 0 aliphatic rings. The molecule has 0 atom stereocenters. The van der Waals surface area contributed by atoms with Crippen LogP contribution in [0.2, 0.25) is 10.0 Å². The number of fused-ring (bicyclic) bond motifs is 1. The van der Waals surface area contributed by atoms with Crippen LogP contribution in [0.15, 0.2) is 75.4 Å². The van der Waals surface area contributed by atoms with E-state index in [1.54, 1.807) is 59.2 Å². The highest BCUT2D eigenvalue weighted by Crippen LogP contribution is 2.34. The number of hydrogen-bond acceptors (Lipinski definition) is 7. The van der Waals surface area contributed by atoms with Crippen LogP contribution in [0.4, 0.5) is 0 Å². The van der Waals surface area contributed by atoms with Crippen LogP contribution in [-0.2, 0) is 20.6 Å². The van der Waals surface area contributed by atoms with E-state index in [0.717, 1.165) is 10.1 Å². The van der Waals surface area contributed by atoms with Gasteiger partial charge in [0.25, 0.3) is 11.5 Å². The van der Waals surface area contributed by atoms with E-state index in [4.69, 9.17) is 32.7 Å². The van der Waals surface area contributed by atoms with Crippen molar-refractivity contribution in [1.82, 2.24) is 24.1 Å². The van der Waals surface area contributed by atoms with Gasteiger partial charge in [0, 0.05) is 29.7 Å². The standard InChI is InChI=1S/C30H26Cl2N6O5/c1-17-6-5-7-19(12-17)27(39)35-33-15-18-8-11-23(24(13-18)42-4)43-29-34-26-25(28(40)37(3)30(41)36(26)2)38(29)16-20-9-10-21(31)14-22(20)32/h5-15H,16H2,1-4H3,(H,35,39). The van der Waals surface area contributed by atoms with Gasteiger partial charge in [-0.3, -0.25) is 23.3 Å². The molecule has 5 rings (SSSR count). The molecule has 2 heterocycles. The first-order chi connectivity index (χ1) is 20.6. The first-order valence-corrected chi connectivity index (χ1v) is 13.7. The lowest BCUT2D eigenvalue weighted by Gasteiger charge is -2.13. The Morgan fingerprint density at radius 2 is 1.81 bits per heavy atom. The molecule has 220 valence electrons. The van der Waals surface area contributed by atoms with E-state index in [-0.39, 0.29) is 35.4 Å². The number of aromatic nitrogens is 4. The highest BCUT2D eigenvalue weighted by atomic mass is 35.5. The molecule has 0 fully saturated rings. The summed E-state index contributed by atoms with van der Waals surface area (Å²) in [4.78, 5) is 42.8. The number of halogens is 2. The van der Waals surface area contributed by atoms with Crippen LogP contribution in [0.5, 0.6) is 17.5 Å². The van der Waals surface area contributed by atoms with Gasteiger partial charge in [-0.2, -0.15) is 10.1 Å². The maximum absolute atomic E-state index is 13.3. The normalized spacial score (nSPS) is 11.3. The van der Waals surface area contributed by atoms with E-state index >= 15 is 0 Å². The van der Waals surface area contributed by atoms with Crippen LogP contribution >= 0.6 is 23.2 Å². The smallest absolute Gasteiger partial charge is 0.332 e. The molecule has 0 radical (unpaired) electrons. The molecular formula is C30H26Cl2N6O5. The van der Waals surface area contributed by atoms with E-state index in [1.807, 2.05) is 13.0 Å². The second-order valence-corrected chi connectivity index (χ2v) is 10.5. The van der Waals surface area contributed by atoms with E-state index < -0.39 is 11.2 Å². The van der Waals surface area contributed by atoms with Gasteiger partial charge in [0.15, 0.2) is 22.7 Å². The molecule has 0 spiro atoms. The third kappa shape index (κ3) is 6.04. The maximum Gasteiger partial charge on any atom is 0.332 e. The minimum absolute atomic E-state index is 0.0319. The fourth-order valence-electron chi connectivity index (χ4n) is 4.43. The molecule has 0 saturated heterocycles. The second kappa shape index (κ2) is 12.2. The van der Waals surface area contributed by atoms with Gasteiger partial charge in [0.2, 0.25) is 0 Å². The number of carbonyl (C=O) groups excluding carboxylic acids is 1. The summed E-state index contributed by atoms with van der Waals surface area (Å²) in [5, 5.41) is 4.90. The Morgan fingerprint density at radius 1 is 1.02 bits per heavy atom. The predicted molar refractivity (Wildman–Crippen MR) is 165 cm³/mol. The number of nitrogens with one attached hydrogen (secondary N) is 1. The molecule has 0 aliphatic carbocycles. The van der Waals surface area contributed by atoms with Gasteiger partial charge in [0.05, 0.1) is 19.9 Å². The summed E-state index contributed by atoms with van der Waals surface area (Å²) in [5.74, 6) is 0.273. The number of methoxy groups -OCH3 is 1. The monoisotopic (exact) mass is 620 g/mol. The summed E-state index contributed by atoms with van der Waals surface area (Å²) in [5.41, 5.74) is 4.44. The number of amides is 1. The topological polar surface area (TPSA) is 122 Å². The molecule has 13 heteroatoms. The summed E-state index contributed by atoms with van der Waals surface area (Å²) in [6, 6.07) is 17.2. The summed E-state index contributed by atoms with van der Waals surface area (Å²) >= 11 is 12.5. The number of hydrogen-bond donors (Lipinski definition) is 1. The second-order valence-electron chi connectivity index (χ2n) is 9.68. The molecule has 2 aromatic heterocycles. The van der Waals surface area contributed by atoms with Crippen LogP contribution in [0.3, 0.4) is 0 Å². The van der Waals surface area contributed by atoms with Crippen molar-refractivity contribution in [2.45, 2.75) is 13.5 Å². The van der Waals surface area contributed by atoms with Gasteiger partial charge >= 0.3 is 11.7 Å². The number of nitrogens with zero attached hydrogens (tertiary/aromatic N) is 5. The highest BCUT2D eigenvalue weighted by Gasteiger charge is 2.22. The number of carbonyl (C=O) groups is 1. The first kappa shape index (κ1) is 29.6. The van der Waals surface area contributed by atoms with E-state index in [9.17, 15) is 14.4 Å². The zero-order chi connectivity index (χ0) is 30.8. The Labute approximate surface area is 255 Å². The molecule has 11 nitrogen and oxygen atoms in total. The lowest BCUT2D eigenvalue weighted by molar-refractivity contribution is 0.0955. The van der Waals surface area contributed by atoms with Crippen LogP contribution in [0.1, 0.15) is 27.0 Å². The molecule has 43 heavy (non-hydrogen) atoms. The van der Waals surface area contributed by atoms with Crippen molar-refractivity contribution in [3.05, 3.63) is 114 Å². The Hall–Kier alpha value is -4.87. The number of benzene rings is 3. The quantitative estimate of drug-likeness (QED) is 0.199. The Balaban J connectivity index is 1.49. The molecule has 0 unspecified atom stereocenters. The first-order valence-electron chi connectivity index (χ1n) is 12.9. The van der Waals surface area contributed by atoms with Gasteiger partial charge in [-0.05, 0) is 60.5 Å². The Kier molecular flexibility index (Phi) is 8.38. The van der Waals surface area contributed by atoms with Crippen molar-refractivity contribution in [2.75, 3.05) is 7.11 Å². The molecule has 5 aromatic rings. The molecule has 1 amide bonds. The van der Waals surface area contributed by atoms with E-state index in [2.05, 4.69) is 15.5 Å². The lowest BCUT2D eigenvalue weighted by atomic mass is 10.1. The lowest BCUT2D eigenvalue weighted by Crippen LogP contribution is -2.37. The third-order valence-electron chi connectivity index (χ3n) is 6.71. The number of aryl methyl sites for hydroxylation is 2. The van der Waals surface area contributed by atoms with Crippen molar-refractivity contribution in [2.24, 2.45) is 19.2 Å². The summed E-state index contributed by atoms with van der Waals surface area (Å²) in [6.07, 6.45) is 1.47. The van der Waals surface area contributed by atoms with Crippen molar-refractivity contribution in [3.63, 3.8) is 0 Å². The van der Waals surface area contributed by atoms with E-state index in [1.165, 1.54) is 32.0 Å². The highest BCUT2D eigenvalue weighted by molar-refractivity contribution is 6.35. The predicted octanol–water partition coefficient (Wildman–Crippen LogP) is 4.66. The van der Waals surface area contributed by atoms with Crippen LogP contribution < -0.4 is 26.1 Å². The fraction of sp³-hybridized carbons (Fsp3) is 0.167. The average Bonchev–Trinajstić information content (AvgIpc) is 3.34. The summed E-state index contributed by atoms with van der Waals surface area (Å²) in [7, 11) is 4.38. The number of ether oxygens (including phenoxy) is 2.